The molecule has 0 aliphatic heterocycles. The Balaban J connectivity index is 1.51. The van der Waals surface area contributed by atoms with E-state index in [1.807, 2.05) is 0 Å². The number of nitrogens with one attached hydrogen (secondary N) is 2. The van der Waals surface area contributed by atoms with Crippen molar-refractivity contribution in [3.63, 3.8) is 0 Å². The number of hydrogen-bond acceptors (Lipinski definition) is 5. The fourth-order valence-corrected chi connectivity index (χ4v) is 4.42. The van der Waals surface area contributed by atoms with Gasteiger partial charge < -0.3 is 10.6 Å². The zero-order valence-electron chi connectivity index (χ0n) is 13.9. The summed E-state index contributed by atoms with van der Waals surface area (Å²) in [5, 5.41) is 7.12. The molecule has 1 aromatic carbocycles. The maximum atomic E-state index is 13.5. The number of benzene rings is 1. The Hall–Kier alpha value is -2.07. The van der Waals surface area contributed by atoms with Crippen LogP contribution in [0.15, 0.2) is 29.6 Å². The van der Waals surface area contributed by atoms with E-state index in [4.69, 9.17) is 23.2 Å². The van der Waals surface area contributed by atoms with Crippen molar-refractivity contribution in [3.05, 3.63) is 55.5 Å². The zero-order chi connectivity index (χ0) is 20.3. The van der Waals surface area contributed by atoms with E-state index in [0.29, 0.717) is 31.1 Å². The van der Waals surface area contributed by atoms with Crippen LogP contribution in [0.1, 0.15) is 16.8 Å². The molecule has 2 N–H and O–H groups in total. The number of carbonyl (C=O) groups is 2. The average Bonchev–Trinajstić information content (AvgIpc) is 3.20. The number of anilines is 1. The molecule has 3 aromatic rings. The molecule has 2 aromatic heterocycles. The molecule has 0 spiro atoms. The van der Waals surface area contributed by atoms with Gasteiger partial charge in [-0.3, -0.25) is 9.59 Å². The summed E-state index contributed by atoms with van der Waals surface area (Å²) in [6.45, 7) is -0.0221. The Morgan fingerprint density at radius 1 is 1.18 bits per heavy atom. The van der Waals surface area contributed by atoms with E-state index in [1.165, 1.54) is 22.7 Å². The molecule has 28 heavy (non-hydrogen) atoms. The molecular weight excluding hydrogens is 451 g/mol. The van der Waals surface area contributed by atoms with E-state index < -0.39 is 17.5 Å². The molecule has 0 radical (unpaired) electrons. The van der Waals surface area contributed by atoms with Gasteiger partial charge in [0, 0.05) is 30.0 Å². The van der Waals surface area contributed by atoms with Crippen LogP contribution in [0, 0.1) is 11.6 Å². The van der Waals surface area contributed by atoms with Crippen molar-refractivity contribution in [2.75, 3.05) is 11.9 Å². The molecule has 2 amide bonds. The van der Waals surface area contributed by atoms with E-state index in [2.05, 4.69) is 15.6 Å². The lowest BCUT2D eigenvalue weighted by Crippen LogP contribution is -2.28. The summed E-state index contributed by atoms with van der Waals surface area (Å²) < 4.78 is 27.4. The molecule has 0 aliphatic rings. The molecule has 0 unspecified atom stereocenters. The SMILES string of the molecule is O=C(CCNC(=O)c1ccc(F)cc1F)Nc1nc(-c2cc(Cl)sc2Cl)cs1. The Morgan fingerprint density at radius 2 is 1.96 bits per heavy atom. The maximum absolute atomic E-state index is 13.5. The van der Waals surface area contributed by atoms with Gasteiger partial charge in [-0.1, -0.05) is 23.2 Å². The van der Waals surface area contributed by atoms with Crippen molar-refractivity contribution in [3.8, 4) is 11.3 Å². The van der Waals surface area contributed by atoms with Gasteiger partial charge in [0.1, 0.15) is 16.0 Å². The van der Waals surface area contributed by atoms with Crippen LogP contribution >= 0.6 is 45.9 Å². The molecule has 0 bridgehead atoms. The second-order valence-electron chi connectivity index (χ2n) is 5.45. The highest BCUT2D eigenvalue weighted by Gasteiger charge is 2.15. The van der Waals surface area contributed by atoms with Gasteiger partial charge in [-0.2, -0.15) is 0 Å². The highest BCUT2D eigenvalue weighted by Crippen LogP contribution is 2.38. The van der Waals surface area contributed by atoms with Crippen molar-refractivity contribution in [2.24, 2.45) is 0 Å². The largest absolute Gasteiger partial charge is 0.351 e. The fourth-order valence-electron chi connectivity index (χ4n) is 2.21. The number of halogens is 4. The Kier molecular flexibility index (Phi) is 6.61. The van der Waals surface area contributed by atoms with Crippen LogP contribution in [0.2, 0.25) is 8.67 Å². The summed E-state index contributed by atoms with van der Waals surface area (Å²) in [7, 11) is 0. The number of thiophene rings is 1. The van der Waals surface area contributed by atoms with Crippen molar-refractivity contribution in [1.82, 2.24) is 10.3 Å². The van der Waals surface area contributed by atoms with Gasteiger partial charge in [0.15, 0.2) is 5.13 Å². The number of rotatable bonds is 6. The van der Waals surface area contributed by atoms with Crippen LogP contribution in [0.3, 0.4) is 0 Å². The number of aromatic nitrogens is 1. The van der Waals surface area contributed by atoms with Crippen LogP contribution < -0.4 is 10.6 Å². The minimum atomic E-state index is -0.968. The van der Waals surface area contributed by atoms with Crippen LogP contribution in [0.5, 0.6) is 0 Å². The molecule has 0 aliphatic carbocycles. The predicted molar refractivity (Wildman–Crippen MR) is 107 cm³/mol. The van der Waals surface area contributed by atoms with E-state index in [-0.39, 0.29) is 24.4 Å². The first-order chi connectivity index (χ1) is 13.3. The first-order valence-electron chi connectivity index (χ1n) is 7.77. The Morgan fingerprint density at radius 3 is 2.64 bits per heavy atom. The van der Waals surface area contributed by atoms with Gasteiger partial charge in [0.05, 0.1) is 15.6 Å². The van der Waals surface area contributed by atoms with Crippen molar-refractivity contribution < 1.29 is 18.4 Å². The van der Waals surface area contributed by atoms with Crippen molar-refractivity contribution >= 4 is 62.8 Å². The normalized spacial score (nSPS) is 10.7. The van der Waals surface area contributed by atoms with Crippen LogP contribution in [-0.4, -0.2) is 23.3 Å². The number of thiazole rings is 1. The van der Waals surface area contributed by atoms with E-state index in [9.17, 15) is 18.4 Å². The highest BCUT2D eigenvalue weighted by atomic mass is 35.5. The monoisotopic (exact) mass is 461 g/mol. The molecule has 5 nitrogen and oxygen atoms in total. The number of nitrogens with zero attached hydrogens (tertiary/aromatic N) is 1. The number of amides is 2. The smallest absolute Gasteiger partial charge is 0.254 e. The van der Waals surface area contributed by atoms with E-state index in [1.54, 1.807) is 11.4 Å². The van der Waals surface area contributed by atoms with Gasteiger partial charge in [-0.05, 0) is 18.2 Å². The third-order valence-corrected chi connectivity index (χ3v) is 5.74. The predicted octanol–water partition coefficient (Wildman–Crippen LogP) is 5.22. The lowest BCUT2D eigenvalue weighted by molar-refractivity contribution is -0.116. The molecule has 2 heterocycles. The second-order valence-corrected chi connectivity index (χ2v) is 8.60. The van der Waals surface area contributed by atoms with E-state index >= 15 is 0 Å². The Labute approximate surface area is 176 Å². The third kappa shape index (κ3) is 5.05. The topological polar surface area (TPSA) is 71.1 Å². The van der Waals surface area contributed by atoms with E-state index in [0.717, 1.165) is 12.1 Å². The summed E-state index contributed by atoms with van der Waals surface area (Å²) in [4.78, 5) is 28.2. The number of hydrogen-bond donors (Lipinski definition) is 2. The lowest BCUT2D eigenvalue weighted by Gasteiger charge is -2.06. The van der Waals surface area contributed by atoms with Crippen LogP contribution in [0.25, 0.3) is 11.3 Å². The molecule has 0 fully saturated rings. The lowest BCUT2D eigenvalue weighted by atomic mass is 10.2. The second kappa shape index (κ2) is 8.95. The minimum absolute atomic E-state index is 0.0221. The zero-order valence-corrected chi connectivity index (χ0v) is 17.0. The fraction of sp³-hybridized carbons (Fsp3) is 0.118. The molecule has 0 saturated heterocycles. The molecule has 3 rings (SSSR count). The van der Waals surface area contributed by atoms with Gasteiger partial charge in [-0.15, -0.1) is 22.7 Å². The molecule has 0 saturated carbocycles. The summed E-state index contributed by atoms with van der Waals surface area (Å²) in [5.74, 6) is -2.85. The summed E-state index contributed by atoms with van der Waals surface area (Å²) in [6.07, 6.45) is -0.0471. The van der Waals surface area contributed by atoms with Crippen LogP contribution in [-0.2, 0) is 4.79 Å². The molecule has 146 valence electrons. The Bertz CT molecular complexity index is 1040. The quantitative estimate of drug-likeness (QED) is 0.528. The van der Waals surface area contributed by atoms with Crippen LogP contribution in [0.4, 0.5) is 13.9 Å². The van der Waals surface area contributed by atoms with Crippen molar-refractivity contribution in [1.29, 1.82) is 0 Å². The standard InChI is InChI=1S/C17H11Cl2F2N3O2S2/c18-13-6-10(15(19)28-13)12-7-27-17(23-12)24-14(25)3-4-22-16(26)9-2-1-8(20)5-11(9)21/h1-2,5-7H,3-4H2,(H,22,26)(H,23,24,25). The molecule has 0 atom stereocenters. The number of carbonyl (C=O) groups excluding carboxylic acids is 2. The third-order valence-electron chi connectivity index (χ3n) is 3.50. The average molecular weight is 462 g/mol. The highest BCUT2D eigenvalue weighted by molar-refractivity contribution is 7.20. The summed E-state index contributed by atoms with van der Waals surface area (Å²) in [6, 6.07) is 4.34. The molecular formula is C17H11Cl2F2N3O2S2. The van der Waals surface area contributed by atoms with Crippen molar-refractivity contribution in [2.45, 2.75) is 6.42 Å². The van der Waals surface area contributed by atoms with Gasteiger partial charge in [0.25, 0.3) is 5.91 Å². The minimum Gasteiger partial charge on any atom is -0.351 e. The van der Waals surface area contributed by atoms with Gasteiger partial charge in [0.2, 0.25) is 5.91 Å². The summed E-state index contributed by atoms with van der Waals surface area (Å²) >= 11 is 14.4. The van der Waals surface area contributed by atoms with Gasteiger partial charge >= 0.3 is 0 Å². The maximum Gasteiger partial charge on any atom is 0.254 e. The first-order valence-corrected chi connectivity index (χ1v) is 10.2. The first kappa shape index (κ1) is 20.7. The molecule has 11 heteroatoms. The summed E-state index contributed by atoms with van der Waals surface area (Å²) in [5.41, 5.74) is 0.980. The van der Waals surface area contributed by atoms with Gasteiger partial charge in [-0.25, -0.2) is 13.8 Å².